The normalized spacial score (nSPS) is 13.7. The summed E-state index contributed by atoms with van der Waals surface area (Å²) in [6.45, 7) is 5.08. The molecule has 0 aliphatic carbocycles. The second kappa shape index (κ2) is 7.49. The highest BCUT2D eigenvalue weighted by molar-refractivity contribution is 7.89. The van der Waals surface area contributed by atoms with Gasteiger partial charge in [0.15, 0.2) is 0 Å². The van der Waals surface area contributed by atoms with E-state index in [0.717, 1.165) is 17.3 Å². The Bertz CT molecular complexity index is 757. The molecule has 2 N–H and O–H groups in total. The van der Waals surface area contributed by atoms with E-state index in [1.54, 1.807) is 36.7 Å². The topological polar surface area (TPSA) is 71.1 Å². The molecule has 0 spiro atoms. The van der Waals surface area contributed by atoms with E-state index in [1.165, 1.54) is 0 Å². The van der Waals surface area contributed by atoms with Crippen molar-refractivity contribution in [3.8, 4) is 0 Å². The second-order valence-electron chi connectivity index (χ2n) is 5.13. The summed E-state index contributed by atoms with van der Waals surface area (Å²) in [6.07, 6.45) is 7.30. The molecule has 0 aliphatic rings. The third kappa shape index (κ3) is 4.37. The van der Waals surface area contributed by atoms with Gasteiger partial charge in [0, 0.05) is 36.9 Å². The third-order valence-electron chi connectivity index (χ3n) is 3.23. The number of sulfonamides is 1. The largest absolute Gasteiger partial charge is 0.312 e. The van der Waals surface area contributed by atoms with Crippen molar-refractivity contribution in [3.05, 3.63) is 48.8 Å². The Morgan fingerprint density at radius 1 is 1.27 bits per heavy atom. The zero-order valence-corrected chi connectivity index (χ0v) is 13.6. The van der Waals surface area contributed by atoms with Crippen LogP contribution in [0.4, 0.5) is 0 Å². The third-order valence-corrected chi connectivity index (χ3v) is 4.81. The van der Waals surface area contributed by atoms with Gasteiger partial charge in [-0.1, -0.05) is 18.2 Å². The summed E-state index contributed by atoms with van der Waals surface area (Å²) in [6, 6.07) is 6.65. The Kier molecular flexibility index (Phi) is 5.65. The van der Waals surface area contributed by atoms with Gasteiger partial charge in [0.2, 0.25) is 10.0 Å². The van der Waals surface area contributed by atoms with Gasteiger partial charge in [0.1, 0.15) is 0 Å². The summed E-state index contributed by atoms with van der Waals surface area (Å²) in [5.41, 5.74) is 0. The number of nitrogens with one attached hydrogen (secondary N) is 2. The first-order valence-corrected chi connectivity index (χ1v) is 8.69. The minimum absolute atomic E-state index is 0.191. The molecule has 2 aromatic rings. The van der Waals surface area contributed by atoms with Gasteiger partial charge >= 0.3 is 0 Å². The van der Waals surface area contributed by atoms with Crippen LogP contribution < -0.4 is 10.0 Å². The highest BCUT2D eigenvalue weighted by atomic mass is 32.2. The summed E-state index contributed by atoms with van der Waals surface area (Å²) in [7, 11) is -3.52. The Balaban J connectivity index is 2.08. The molecule has 1 aromatic carbocycles. The van der Waals surface area contributed by atoms with Gasteiger partial charge in [-0.05, 0) is 37.4 Å². The molecular weight excluding hydrogens is 298 g/mol. The number of rotatable bonds is 7. The van der Waals surface area contributed by atoms with Crippen LogP contribution in [0.1, 0.15) is 13.8 Å². The van der Waals surface area contributed by atoms with Crippen molar-refractivity contribution in [2.75, 3.05) is 13.1 Å². The minimum Gasteiger partial charge on any atom is -0.312 e. The van der Waals surface area contributed by atoms with Gasteiger partial charge in [-0.3, -0.25) is 4.98 Å². The van der Waals surface area contributed by atoms with Crippen LogP contribution in [-0.2, 0) is 10.0 Å². The van der Waals surface area contributed by atoms with Crippen LogP contribution in [0.15, 0.2) is 53.7 Å². The van der Waals surface area contributed by atoms with E-state index < -0.39 is 10.0 Å². The number of hydrogen-bond donors (Lipinski definition) is 2. The van der Waals surface area contributed by atoms with Crippen molar-refractivity contribution in [1.29, 1.82) is 0 Å². The number of benzene rings is 1. The van der Waals surface area contributed by atoms with Crippen molar-refractivity contribution >= 4 is 20.8 Å². The van der Waals surface area contributed by atoms with Crippen LogP contribution in [0.25, 0.3) is 10.8 Å². The van der Waals surface area contributed by atoms with E-state index in [0.29, 0.717) is 6.54 Å². The van der Waals surface area contributed by atoms with Crippen molar-refractivity contribution in [2.24, 2.45) is 0 Å². The van der Waals surface area contributed by atoms with Gasteiger partial charge in [-0.15, -0.1) is 0 Å². The monoisotopic (exact) mass is 319 g/mol. The predicted molar refractivity (Wildman–Crippen MR) is 89.2 cm³/mol. The number of fused-ring (bicyclic) bond motifs is 1. The van der Waals surface area contributed by atoms with Gasteiger partial charge in [-0.2, -0.15) is 0 Å². The van der Waals surface area contributed by atoms with E-state index in [2.05, 4.69) is 15.0 Å². The van der Waals surface area contributed by atoms with Crippen LogP contribution in [-0.4, -0.2) is 32.5 Å². The molecule has 118 valence electrons. The maximum absolute atomic E-state index is 12.4. The molecule has 0 radical (unpaired) electrons. The first kappa shape index (κ1) is 16.6. The average molecular weight is 319 g/mol. The van der Waals surface area contributed by atoms with Crippen molar-refractivity contribution in [1.82, 2.24) is 15.0 Å². The van der Waals surface area contributed by atoms with Crippen molar-refractivity contribution < 1.29 is 8.42 Å². The van der Waals surface area contributed by atoms with Gasteiger partial charge < -0.3 is 5.32 Å². The summed E-state index contributed by atoms with van der Waals surface area (Å²) in [4.78, 5) is 4.29. The first-order valence-electron chi connectivity index (χ1n) is 7.21. The zero-order valence-electron chi connectivity index (χ0n) is 12.8. The van der Waals surface area contributed by atoms with E-state index >= 15 is 0 Å². The van der Waals surface area contributed by atoms with Gasteiger partial charge in [0.25, 0.3) is 0 Å². The summed E-state index contributed by atoms with van der Waals surface area (Å²) >= 11 is 0. The number of pyridine rings is 1. The zero-order chi connectivity index (χ0) is 16.0. The molecule has 0 saturated carbocycles. The van der Waals surface area contributed by atoms with E-state index in [4.69, 9.17) is 0 Å². The fraction of sp³-hybridized carbons (Fsp3) is 0.312. The maximum Gasteiger partial charge on any atom is 0.240 e. The fourth-order valence-electron chi connectivity index (χ4n) is 2.10. The van der Waals surface area contributed by atoms with E-state index in [9.17, 15) is 8.42 Å². The lowest BCUT2D eigenvalue weighted by atomic mass is 10.2. The quantitative estimate of drug-likeness (QED) is 0.605. The molecule has 1 aromatic heterocycles. The molecule has 1 atom stereocenters. The molecule has 6 heteroatoms. The summed E-state index contributed by atoms with van der Waals surface area (Å²) in [5.74, 6) is 0. The Hall–Kier alpha value is -1.76. The molecule has 2 rings (SSSR count). The highest BCUT2D eigenvalue weighted by Gasteiger charge is 2.17. The van der Waals surface area contributed by atoms with Crippen molar-refractivity contribution in [3.63, 3.8) is 0 Å². The lowest BCUT2D eigenvalue weighted by Crippen LogP contribution is -2.39. The van der Waals surface area contributed by atoms with E-state index in [1.807, 2.05) is 26.0 Å². The van der Waals surface area contributed by atoms with Gasteiger partial charge in [-0.25, -0.2) is 13.1 Å². The smallest absolute Gasteiger partial charge is 0.240 e. The minimum atomic E-state index is -3.52. The van der Waals surface area contributed by atoms with Gasteiger partial charge in [0.05, 0.1) is 4.90 Å². The van der Waals surface area contributed by atoms with E-state index in [-0.39, 0.29) is 10.9 Å². The number of nitrogens with zero attached hydrogens (tertiary/aromatic N) is 1. The summed E-state index contributed by atoms with van der Waals surface area (Å²) < 4.78 is 27.5. The second-order valence-corrected chi connectivity index (χ2v) is 6.85. The molecular formula is C16H21N3O2S. The highest BCUT2D eigenvalue weighted by Crippen LogP contribution is 2.18. The fourth-order valence-corrected chi connectivity index (χ4v) is 3.38. The lowest BCUT2D eigenvalue weighted by Gasteiger charge is -2.15. The Morgan fingerprint density at radius 2 is 2.09 bits per heavy atom. The van der Waals surface area contributed by atoms with Crippen molar-refractivity contribution in [2.45, 2.75) is 24.8 Å². The van der Waals surface area contributed by atoms with Crippen LogP contribution in [0, 0.1) is 0 Å². The maximum atomic E-state index is 12.4. The lowest BCUT2D eigenvalue weighted by molar-refractivity contribution is 0.545. The number of allylic oxidation sites excluding steroid dienone is 1. The molecule has 1 heterocycles. The molecule has 0 fully saturated rings. The Labute approximate surface area is 131 Å². The molecule has 0 amide bonds. The SMILES string of the molecule is CC=CCNC[C@@H](C)NS(=O)(=O)c1ccc2cnccc2c1. The molecule has 5 nitrogen and oxygen atoms in total. The predicted octanol–water partition coefficient (Wildman–Crippen LogP) is 2.07. The van der Waals surface area contributed by atoms with Crippen LogP contribution in [0.2, 0.25) is 0 Å². The molecule has 0 aliphatic heterocycles. The molecule has 0 unspecified atom stereocenters. The first-order chi connectivity index (χ1) is 10.5. The number of hydrogen-bond acceptors (Lipinski definition) is 4. The summed E-state index contributed by atoms with van der Waals surface area (Å²) in [5, 5.41) is 4.94. The molecule has 0 bridgehead atoms. The molecule has 22 heavy (non-hydrogen) atoms. The van der Waals surface area contributed by atoms with Crippen LogP contribution in [0.3, 0.4) is 0 Å². The number of aromatic nitrogens is 1. The average Bonchev–Trinajstić information content (AvgIpc) is 2.50. The van der Waals surface area contributed by atoms with Crippen LogP contribution >= 0.6 is 0 Å². The standard InChI is InChI=1S/C16H21N3O2S/c1-3-4-8-17-11-13(2)19-22(20,21)16-6-5-15-12-18-9-7-14(15)10-16/h3-7,9-10,12-13,17,19H,8,11H2,1-2H3/t13-/m1/s1. The molecule has 0 saturated heterocycles. The van der Waals surface area contributed by atoms with Crippen LogP contribution in [0.5, 0.6) is 0 Å². The Morgan fingerprint density at radius 3 is 2.86 bits per heavy atom.